The van der Waals surface area contributed by atoms with Crippen LogP contribution in [0.15, 0.2) is 54.7 Å². The molecule has 0 saturated carbocycles. The SMILES string of the molecule is CNC(=O)c1ccccc1Nc1cc(Nc2ccc(N3CCC(C)C3)cc2OC)ncc1C#N. The Morgan fingerprint density at radius 3 is 2.68 bits per heavy atom. The second kappa shape index (κ2) is 10.1. The van der Waals surface area contributed by atoms with Crippen molar-refractivity contribution in [3.05, 3.63) is 65.9 Å². The summed E-state index contributed by atoms with van der Waals surface area (Å²) >= 11 is 0. The van der Waals surface area contributed by atoms with E-state index in [4.69, 9.17) is 4.74 Å². The van der Waals surface area contributed by atoms with Gasteiger partial charge in [0.2, 0.25) is 0 Å². The number of para-hydroxylation sites is 1. The van der Waals surface area contributed by atoms with Crippen LogP contribution in [-0.2, 0) is 0 Å². The van der Waals surface area contributed by atoms with Gasteiger partial charge in [-0.15, -0.1) is 0 Å². The number of benzene rings is 2. The van der Waals surface area contributed by atoms with Crippen molar-refractivity contribution >= 4 is 34.5 Å². The van der Waals surface area contributed by atoms with Crippen LogP contribution in [0.4, 0.5) is 28.6 Å². The molecule has 2 heterocycles. The first kappa shape index (κ1) is 22.9. The van der Waals surface area contributed by atoms with Crippen molar-refractivity contribution in [3.63, 3.8) is 0 Å². The van der Waals surface area contributed by atoms with Gasteiger partial charge in [-0.25, -0.2) is 4.98 Å². The first-order valence-corrected chi connectivity index (χ1v) is 11.2. The van der Waals surface area contributed by atoms with E-state index in [2.05, 4.69) is 44.9 Å². The first-order valence-electron chi connectivity index (χ1n) is 11.2. The molecule has 4 rings (SSSR count). The van der Waals surface area contributed by atoms with Crippen molar-refractivity contribution in [2.75, 3.05) is 42.8 Å². The van der Waals surface area contributed by atoms with E-state index in [1.54, 1.807) is 38.4 Å². The number of nitriles is 1. The number of nitrogens with zero attached hydrogens (tertiary/aromatic N) is 3. The normalized spacial score (nSPS) is 14.9. The Kier molecular flexibility index (Phi) is 6.83. The van der Waals surface area contributed by atoms with Crippen molar-refractivity contribution in [2.45, 2.75) is 13.3 Å². The molecule has 1 unspecified atom stereocenters. The maximum absolute atomic E-state index is 12.2. The summed E-state index contributed by atoms with van der Waals surface area (Å²) in [6, 6.07) is 17.1. The Balaban J connectivity index is 1.60. The van der Waals surface area contributed by atoms with E-state index >= 15 is 0 Å². The number of carbonyl (C=O) groups excluding carboxylic acids is 1. The monoisotopic (exact) mass is 456 g/mol. The maximum Gasteiger partial charge on any atom is 0.253 e. The molecule has 1 amide bonds. The number of aromatic nitrogens is 1. The van der Waals surface area contributed by atoms with E-state index in [-0.39, 0.29) is 5.91 Å². The van der Waals surface area contributed by atoms with E-state index in [1.165, 1.54) is 12.6 Å². The standard InChI is InChI=1S/C26H28N6O2/c1-17-10-11-32(16-17)19-8-9-22(24(12-19)34-3)31-25-13-23(18(14-27)15-29-25)30-21-7-5-4-6-20(21)26(33)28-2/h4-9,12-13,15,17H,10-11,16H2,1-3H3,(H,28,33)(H2,29,30,31). The lowest BCUT2D eigenvalue weighted by Crippen LogP contribution is -2.19. The number of hydrogen-bond acceptors (Lipinski definition) is 7. The van der Waals surface area contributed by atoms with Gasteiger partial charge in [-0.2, -0.15) is 5.26 Å². The summed E-state index contributed by atoms with van der Waals surface area (Å²) in [5, 5.41) is 18.7. The highest BCUT2D eigenvalue weighted by atomic mass is 16.5. The average molecular weight is 457 g/mol. The second-order valence-corrected chi connectivity index (χ2v) is 8.33. The van der Waals surface area contributed by atoms with Crippen LogP contribution >= 0.6 is 0 Å². The van der Waals surface area contributed by atoms with Gasteiger partial charge >= 0.3 is 0 Å². The van der Waals surface area contributed by atoms with E-state index in [9.17, 15) is 10.1 Å². The van der Waals surface area contributed by atoms with Crippen molar-refractivity contribution in [1.82, 2.24) is 10.3 Å². The van der Waals surface area contributed by atoms with Crippen molar-refractivity contribution < 1.29 is 9.53 Å². The maximum atomic E-state index is 12.2. The summed E-state index contributed by atoms with van der Waals surface area (Å²) in [5.41, 5.74) is 3.88. The zero-order valence-electron chi connectivity index (χ0n) is 19.6. The number of methoxy groups -OCH3 is 1. The third-order valence-corrected chi connectivity index (χ3v) is 5.93. The fraction of sp³-hybridized carbons (Fsp3) is 0.269. The molecule has 1 aromatic heterocycles. The molecule has 1 aliphatic heterocycles. The molecule has 3 N–H and O–H groups in total. The Morgan fingerprint density at radius 2 is 1.97 bits per heavy atom. The van der Waals surface area contributed by atoms with Gasteiger partial charge in [0.05, 0.1) is 35.3 Å². The van der Waals surface area contributed by atoms with Gasteiger partial charge in [0.1, 0.15) is 17.6 Å². The number of anilines is 5. The minimum Gasteiger partial charge on any atom is -0.494 e. The molecule has 8 nitrogen and oxygen atoms in total. The van der Waals surface area contributed by atoms with Crippen LogP contribution in [-0.4, -0.2) is 38.1 Å². The van der Waals surface area contributed by atoms with Gasteiger partial charge in [0.15, 0.2) is 0 Å². The molecule has 1 saturated heterocycles. The molecule has 0 spiro atoms. The fourth-order valence-corrected chi connectivity index (χ4v) is 4.07. The van der Waals surface area contributed by atoms with Gasteiger partial charge < -0.3 is 25.6 Å². The van der Waals surface area contributed by atoms with E-state index in [1.807, 2.05) is 18.2 Å². The summed E-state index contributed by atoms with van der Waals surface area (Å²) in [5.74, 6) is 1.72. The van der Waals surface area contributed by atoms with Crippen LogP contribution in [0, 0.1) is 17.2 Å². The van der Waals surface area contributed by atoms with Gasteiger partial charge in [0.25, 0.3) is 5.91 Å². The number of ether oxygens (including phenoxy) is 1. The van der Waals surface area contributed by atoms with Crippen LogP contribution in [0.25, 0.3) is 0 Å². The zero-order chi connectivity index (χ0) is 24.1. The quantitative estimate of drug-likeness (QED) is 0.475. The minimum atomic E-state index is -0.216. The van der Waals surface area contributed by atoms with Gasteiger partial charge in [-0.05, 0) is 36.6 Å². The number of nitrogens with one attached hydrogen (secondary N) is 3. The molecule has 0 radical (unpaired) electrons. The summed E-state index contributed by atoms with van der Waals surface area (Å²) in [7, 11) is 3.23. The highest BCUT2D eigenvalue weighted by Gasteiger charge is 2.20. The lowest BCUT2D eigenvalue weighted by atomic mass is 10.1. The molecule has 2 aromatic carbocycles. The Bertz CT molecular complexity index is 1240. The molecular weight excluding hydrogens is 428 g/mol. The van der Waals surface area contributed by atoms with Crippen molar-refractivity contribution in [2.24, 2.45) is 5.92 Å². The molecule has 8 heteroatoms. The average Bonchev–Trinajstić information content (AvgIpc) is 3.30. The van der Waals surface area contributed by atoms with Crippen molar-refractivity contribution in [3.8, 4) is 11.8 Å². The Hall–Kier alpha value is -4.25. The fourth-order valence-electron chi connectivity index (χ4n) is 4.07. The van der Waals surface area contributed by atoms with Crippen LogP contribution in [0.1, 0.15) is 29.3 Å². The van der Waals surface area contributed by atoms with Gasteiger partial charge in [0, 0.05) is 44.2 Å². The molecule has 1 atom stereocenters. The minimum absolute atomic E-state index is 0.216. The smallest absolute Gasteiger partial charge is 0.253 e. The van der Waals surface area contributed by atoms with E-state index < -0.39 is 0 Å². The lowest BCUT2D eigenvalue weighted by Gasteiger charge is -2.20. The number of carbonyl (C=O) groups is 1. The third-order valence-electron chi connectivity index (χ3n) is 5.93. The van der Waals surface area contributed by atoms with Crippen LogP contribution < -0.4 is 25.6 Å². The summed E-state index contributed by atoms with van der Waals surface area (Å²) < 4.78 is 5.64. The van der Waals surface area contributed by atoms with Crippen LogP contribution in [0.2, 0.25) is 0 Å². The predicted molar refractivity (Wildman–Crippen MR) is 134 cm³/mol. The number of pyridine rings is 1. The molecule has 1 fully saturated rings. The summed E-state index contributed by atoms with van der Waals surface area (Å²) in [4.78, 5) is 19.0. The van der Waals surface area contributed by atoms with Crippen LogP contribution in [0.3, 0.4) is 0 Å². The first-order chi connectivity index (χ1) is 16.5. The number of amides is 1. The molecule has 0 bridgehead atoms. The zero-order valence-corrected chi connectivity index (χ0v) is 19.6. The third kappa shape index (κ3) is 4.89. The highest BCUT2D eigenvalue weighted by Crippen LogP contribution is 2.34. The largest absolute Gasteiger partial charge is 0.494 e. The van der Waals surface area contributed by atoms with E-state index in [0.717, 1.165) is 24.5 Å². The van der Waals surface area contributed by atoms with Crippen LogP contribution in [0.5, 0.6) is 5.75 Å². The molecular formula is C26H28N6O2. The van der Waals surface area contributed by atoms with E-state index in [0.29, 0.717) is 40.0 Å². The highest BCUT2D eigenvalue weighted by molar-refractivity contribution is 6.00. The van der Waals surface area contributed by atoms with Gasteiger partial charge in [-0.1, -0.05) is 19.1 Å². The number of hydrogen-bond donors (Lipinski definition) is 3. The lowest BCUT2D eigenvalue weighted by molar-refractivity contribution is 0.0964. The Morgan fingerprint density at radius 1 is 1.15 bits per heavy atom. The molecule has 1 aliphatic rings. The topological polar surface area (TPSA) is 102 Å². The van der Waals surface area contributed by atoms with Gasteiger partial charge in [-0.3, -0.25) is 4.79 Å². The molecule has 34 heavy (non-hydrogen) atoms. The Labute approximate surface area is 199 Å². The predicted octanol–water partition coefficient (Wildman–Crippen LogP) is 4.65. The molecule has 174 valence electrons. The molecule has 0 aliphatic carbocycles. The second-order valence-electron chi connectivity index (χ2n) is 8.33. The van der Waals surface area contributed by atoms with Crippen molar-refractivity contribution in [1.29, 1.82) is 5.26 Å². The summed E-state index contributed by atoms with van der Waals surface area (Å²) in [6.45, 7) is 4.35. The molecule has 3 aromatic rings. The summed E-state index contributed by atoms with van der Waals surface area (Å²) in [6.07, 6.45) is 2.69. The number of rotatable bonds is 7.